The topological polar surface area (TPSA) is 23.1 Å². The fourth-order valence-corrected chi connectivity index (χ4v) is 0.986. The molecule has 0 heterocycles. The number of rotatable bonds is 2. The molecule has 0 aromatic heterocycles. The van der Waals surface area contributed by atoms with E-state index < -0.39 is 0 Å². The van der Waals surface area contributed by atoms with Crippen molar-refractivity contribution in [1.82, 2.24) is 0 Å². The summed E-state index contributed by atoms with van der Waals surface area (Å²) < 4.78 is 0. The molecule has 0 atom stereocenters. The Balaban J connectivity index is 0.000001000. The predicted molar refractivity (Wildman–Crippen MR) is 39.8 cm³/mol. The molecule has 0 N–H and O–H groups in total. The smallest absolute Gasteiger partial charge is 0.854 e. The Kier molecular flexibility index (Phi) is 6.82. The average Bonchev–Trinajstić information content (AvgIpc) is 1.88. The van der Waals surface area contributed by atoms with E-state index >= 15 is 0 Å². The third-order valence-electron chi connectivity index (χ3n) is 1.47. The van der Waals surface area contributed by atoms with Gasteiger partial charge in [0.25, 0.3) is 0 Å². The van der Waals surface area contributed by atoms with Crippen LogP contribution in [0.15, 0.2) is 24.3 Å². The average molecular weight is 174 g/mol. The van der Waals surface area contributed by atoms with E-state index in [1.807, 2.05) is 25.1 Å². The van der Waals surface area contributed by atoms with Crippen molar-refractivity contribution < 1.29 is 56.5 Å². The van der Waals surface area contributed by atoms with Crippen molar-refractivity contribution in [2.24, 2.45) is 0 Å². The first-order valence-corrected chi connectivity index (χ1v) is 3.46. The minimum Gasteiger partial charge on any atom is -0.854 e. The molecule has 1 rings (SSSR count). The molecule has 0 saturated carbocycles. The molecule has 0 aliphatic rings. The second-order valence-electron chi connectivity index (χ2n) is 2.44. The zero-order valence-electron chi connectivity index (χ0n) is 7.13. The molecule has 1 nitrogen and oxygen atoms in total. The van der Waals surface area contributed by atoms with Gasteiger partial charge in [-0.2, -0.15) is 0 Å². The van der Waals surface area contributed by atoms with E-state index in [2.05, 4.69) is 6.07 Å². The number of aryl methyl sites for hydroxylation is 1. The van der Waals surface area contributed by atoms with Gasteiger partial charge in [-0.05, 0) is 18.9 Å². The summed E-state index contributed by atoms with van der Waals surface area (Å²) >= 11 is 0. The summed E-state index contributed by atoms with van der Waals surface area (Å²) in [6, 6.07) is 8.07. The van der Waals surface area contributed by atoms with Gasteiger partial charge in [0.1, 0.15) is 0 Å². The molecule has 0 aliphatic heterocycles. The van der Waals surface area contributed by atoms with Gasteiger partial charge in [0.2, 0.25) is 0 Å². The standard InChI is InChI=1S/C9H11O.K/c1-8-3-2-4-9(7-8)5-6-10;/h2-4,7H,5-6H2,1H3;/q-1;+1. The molecule has 0 aliphatic carbocycles. The summed E-state index contributed by atoms with van der Waals surface area (Å²) in [6.07, 6.45) is 0.654. The van der Waals surface area contributed by atoms with E-state index in [4.69, 9.17) is 0 Å². The number of benzene rings is 1. The van der Waals surface area contributed by atoms with E-state index in [-0.39, 0.29) is 58.0 Å². The Morgan fingerprint density at radius 2 is 2.09 bits per heavy atom. The number of hydrogen-bond donors (Lipinski definition) is 0. The molecule has 54 valence electrons. The van der Waals surface area contributed by atoms with Crippen LogP contribution in [0.5, 0.6) is 0 Å². The summed E-state index contributed by atoms with van der Waals surface area (Å²) in [4.78, 5) is 0. The van der Waals surface area contributed by atoms with Crippen LogP contribution in [0.4, 0.5) is 0 Å². The Labute approximate surface area is 110 Å². The summed E-state index contributed by atoms with van der Waals surface area (Å²) in [7, 11) is 0. The Morgan fingerprint density at radius 1 is 1.36 bits per heavy atom. The Bertz CT molecular complexity index is 210. The van der Waals surface area contributed by atoms with E-state index in [0.29, 0.717) is 6.42 Å². The van der Waals surface area contributed by atoms with Crippen LogP contribution in [0.2, 0.25) is 0 Å². The van der Waals surface area contributed by atoms with Crippen LogP contribution in [-0.2, 0) is 6.42 Å². The van der Waals surface area contributed by atoms with Crippen molar-refractivity contribution in [3.8, 4) is 0 Å². The van der Waals surface area contributed by atoms with Crippen molar-refractivity contribution in [3.63, 3.8) is 0 Å². The van der Waals surface area contributed by atoms with Crippen LogP contribution < -0.4 is 56.5 Å². The van der Waals surface area contributed by atoms with Crippen molar-refractivity contribution in [1.29, 1.82) is 0 Å². The van der Waals surface area contributed by atoms with Gasteiger partial charge < -0.3 is 5.11 Å². The van der Waals surface area contributed by atoms with E-state index in [1.165, 1.54) is 5.56 Å². The van der Waals surface area contributed by atoms with Gasteiger partial charge in [-0.3, -0.25) is 0 Å². The molecular weight excluding hydrogens is 163 g/mol. The summed E-state index contributed by atoms with van der Waals surface area (Å²) in [5.41, 5.74) is 2.38. The van der Waals surface area contributed by atoms with Crippen LogP contribution in [0.25, 0.3) is 0 Å². The second-order valence-corrected chi connectivity index (χ2v) is 2.44. The maximum absolute atomic E-state index is 10.2. The van der Waals surface area contributed by atoms with E-state index in [9.17, 15) is 5.11 Å². The SMILES string of the molecule is Cc1cccc(CC[O-])c1.[K+]. The fraction of sp³-hybridized carbons (Fsp3) is 0.333. The van der Waals surface area contributed by atoms with Gasteiger partial charge in [0, 0.05) is 0 Å². The second kappa shape index (κ2) is 6.35. The van der Waals surface area contributed by atoms with Crippen LogP contribution in [0, 0.1) is 6.92 Å². The molecule has 0 fully saturated rings. The molecule has 0 bridgehead atoms. The molecule has 0 radical (unpaired) electrons. The molecule has 0 amide bonds. The van der Waals surface area contributed by atoms with E-state index in [1.54, 1.807) is 0 Å². The largest absolute Gasteiger partial charge is 1.00 e. The normalized spacial score (nSPS) is 8.91. The van der Waals surface area contributed by atoms with Gasteiger partial charge in [-0.15, -0.1) is 6.61 Å². The first-order valence-electron chi connectivity index (χ1n) is 3.46. The molecule has 1 aromatic rings. The summed E-state index contributed by atoms with van der Waals surface area (Å²) in [5, 5.41) is 10.2. The third-order valence-corrected chi connectivity index (χ3v) is 1.47. The monoisotopic (exact) mass is 174 g/mol. The Hall–Kier alpha value is 0.816. The molecule has 2 heteroatoms. The molecule has 0 spiro atoms. The van der Waals surface area contributed by atoms with Gasteiger partial charge in [-0.25, -0.2) is 0 Å². The van der Waals surface area contributed by atoms with Gasteiger partial charge >= 0.3 is 51.4 Å². The van der Waals surface area contributed by atoms with Crippen LogP contribution in [0.3, 0.4) is 0 Å². The van der Waals surface area contributed by atoms with Crippen molar-refractivity contribution in [2.45, 2.75) is 13.3 Å². The molecular formula is C9H11KO. The maximum Gasteiger partial charge on any atom is 1.00 e. The predicted octanol–water partition coefficient (Wildman–Crippen LogP) is -2.10. The summed E-state index contributed by atoms with van der Waals surface area (Å²) in [6.45, 7) is 2.03. The van der Waals surface area contributed by atoms with Crippen LogP contribution >= 0.6 is 0 Å². The number of hydrogen-bond acceptors (Lipinski definition) is 1. The van der Waals surface area contributed by atoms with Crippen molar-refractivity contribution in [2.75, 3.05) is 6.61 Å². The van der Waals surface area contributed by atoms with Crippen LogP contribution in [0.1, 0.15) is 11.1 Å². The quantitative estimate of drug-likeness (QED) is 0.471. The molecule has 0 unspecified atom stereocenters. The van der Waals surface area contributed by atoms with Crippen LogP contribution in [-0.4, -0.2) is 6.61 Å². The van der Waals surface area contributed by atoms with Gasteiger partial charge in [0.05, 0.1) is 0 Å². The first kappa shape index (κ1) is 11.8. The minimum absolute atomic E-state index is 0. The molecule has 1 aromatic carbocycles. The van der Waals surface area contributed by atoms with E-state index in [0.717, 1.165) is 5.56 Å². The maximum atomic E-state index is 10.2. The zero-order valence-corrected chi connectivity index (χ0v) is 10.3. The first-order chi connectivity index (χ1) is 4.83. The summed E-state index contributed by atoms with van der Waals surface area (Å²) in [5.74, 6) is 0. The third kappa shape index (κ3) is 4.40. The molecule has 0 saturated heterocycles. The van der Waals surface area contributed by atoms with Gasteiger partial charge in [0.15, 0.2) is 0 Å². The Morgan fingerprint density at radius 3 is 2.64 bits per heavy atom. The minimum atomic E-state index is -0.0105. The van der Waals surface area contributed by atoms with Crippen molar-refractivity contribution >= 4 is 0 Å². The molecule has 11 heavy (non-hydrogen) atoms. The van der Waals surface area contributed by atoms with Crippen molar-refractivity contribution in [3.05, 3.63) is 35.4 Å². The van der Waals surface area contributed by atoms with Gasteiger partial charge in [-0.1, -0.05) is 29.8 Å². The zero-order chi connectivity index (χ0) is 7.40. The fourth-order valence-electron chi connectivity index (χ4n) is 0.986.